The third-order valence-electron chi connectivity index (χ3n) is 2.57. The number of nitrogens with zero attached hydrogens (tertiary/aromatic N) is 2. The molecule has 0 atom stereocenters. The van der Waals surface area contributed by atoms with Crippen molar-refractivity contribution in [2.24, 2.45) is 0 Å². The number of piperazine rings is 1. The molecule has 0 aromatic carbocycles. The zero-order chi connectivity index (χ0) is 12.6. The molecular formula is C9H13N3O4S. The van der Waals surface area contributed by atoms with E-state index in [-0.39, 0.29) is 29.7 Å². The van der Waals surface area contributed by atoms with E-state index in [1.165, 1.54) is 6.92 Å². The lowest BCUT2D eigenvalue weighted by Gasteiger charge is -2.25. The predicted molar refractivity (Wildman–Crippen MR) is 57.7 cm³/mol. The van der Waals surface area contributed by atoms with Gasteiger partial charge < -0.3 is 9.84 Å². The molecule has 94 valence electrons. The first kappa shape index (κ1) is 12.1. The number of rotatable bonds is 2. The number of sulfonamides is 1. The van der Waals surface area contributed by atoms with Crippen LogP contribution in [0, 0.1) is 13.8 Å². The zero-order valence-electron chi connectivity index (χ0n) is 9.56. The molecule has 17 heavy (non-hydrogen) atoms. The lowest BCUT2D eigenvalue weighted by molar-refractivity contribution is -0.122. The van der Waals surface area contributed by atoms with E-state index in [0.29, 0.717) is 12.2 Å². The van der Waals surface area contributed by atoms with Crippen LogP contribution in [0.25, 0.3) is 0 Å². The number of aromatic nitrogens is 1. The molecule has 1 aromatic heterocycles. The van der Waals surface area contributed by atoms with Crippen LogP contribution in [-0.2, 0) is 14.8 Å². The first-order valence-corrected chi connectivity index (χ1v) is 6.56. The largest absolute Gasteiger partial charge is 0.360 e. The maximum atomic E-state index is 12.3. The highest BCUT2D eigenvalue weighted by Gasteiger charge is 2.33. The fourth-order valence-corrected chi connectivity index (χ4v) is 3.48. The number of hydrogen-bond acceptors (Lipinski definition) is 5. The molecule has 1 aliphatic heterocycles. The zero-order valence-corrected chi connectivity index (χ0v) is 10.4. The van der Waals surface area contributed by atoms with Crippen LogP contribution in [0.3, 0.4) is 0 Å². The van der Waals surface area contributed by atoms with Gasteiger partial charge in [-0.15, -0.1) is 0 Å². The summed E-state index contributed by atoms with van der Waals surface area (Å²) in [5, 5.41) is 6.19. The summed E-state index contributed by atoms with van der Waals surface area (Å²) in [7, 11) is -3.70. The number of nitrogens with one attached hydrogen (secondary N) is 1. The molecule has 7 nitrogen and oxygen atoms in total. The van der Waals surface area contributed by atoms with Crippen molar-refractivity contribution in [2.45, 2.75) is 18.7 Å². The number of amides is 1. The Balaban J connectivity index is 2.40. The lowest BCUT2D eigenvalue weighted by Crippen LogP contribution is -2.49. The van der Waals surface area contributed by atoms with Crippen LogP contribution in [0.4, 0.5) is 0 Å². The molecule has 0 unspecified atom stereocenters. The van der Waals surface area contributed by atoms with Crippen molar-refractivity contribution < 1.29 is 17.7 Å². The van der Waals surface area contributed by atoms with Crippen molar-refractivity contribution in [3.05, 3.63) is 11.5 Å². The van der Waals surface area contributed by atoms with Gasteiger partial charge in [-0.2, -0.15) is 4.31 Å². The smallest absolute Gasteiger partial charge is 0.249 e. The summed E-state index contributed by atoms with van der Waals surface area (Å²) in [4.78, 5) is 11.3. The Kier molecular flexibility index (Phi) is 2.92. The van der Waals surface area contributed by atoms with Crippen LogP contribution in [0.15, 0.2) is 9.42 Å². The summed E-state index contributed by atoms with van der Waals surface area (Å²) in [5.74, 6) is -0.0555. The van der Waals surface area contributed by atoms with Crippen LogP contribution in [0.2, 0.25) is 0 Å². The number of aryl methyl sites for hydroxylation is 2. The molecule has 0 radical (unpaired) electrons. The Labute approximate surface area is 98.8 Å². The Morgan fingerprint density at radius 1 is 1.41 bits per heavy atom. The van der Waals surface area contributed by atoms with Gasteiger partial charge in [-0.25, -0.2) is 8.42 Å². The van der Waals surface area contributed by atoms with Crippen LogP contribution in [0.5, 0.6) is 0 Å². The standard InChI is InChI=1S/C9H13N3O4S/c1-6-9(7(2)16-11-6)17(14,15)12-4-3-10-8(13)5-12/h3-5H2,1-2H3,(H,10,13). The normalized spacial score (nSPS) is 18.1. The fourth-order valence-electron chi connectivity index (χ4n) is 1.79. The molecule has 0 aliphatic carbocycles. The summed E-state index contributed by atoms with van der Waals surface area (Å²) in [6.45, 7) is 3.52. The molecule has 0 bridgehead atoms. The molecular weight excluding hydrogens is 246 g/mol. The van der Waals surface area contributed by atoms with E-state index < -0.39 is 10.0 Å². The molecule has 1 aromatic rings. The Morgan fingerprint density at radius 3 is 2.65 bits per heavy atom. The quantitative estimate of drug-likeness (QED) is 0.766. The van der Waals surface area contributed by atoms with Crippen LogP contribution < -0.4 is 5.32 Å². The van der Waals surface area contributed by atoms with Gasteiger partial charge in [-0.1, -0.05) is 5.16 Å². The second-order valence-corrected chi connectivity index (χ2v) is 5.72. The Bertz CT molecular complexity index is 529. The average Bonchev–Trinajstić information content (AvgIpc) is 2.59. The van der Waals surface area contributed by atoms with Gasteiger partial charge in [0.25, 0.3) is 0 Å². The van der Waals surface area contributed by atoms with Crippen molar-refractivity contribution >= 4 is 15.9 Å². The van der Waals surface area contributed by atoms with Gasteiger partial charge >= 0.3 is 0 Å². The molecule has 1 aliphatic rings. The first-order valence-electron chi connectivity index (χ1n) is 5.12. The van der Waals surface area contributed by atoms with Crippen molar-refractivity contribution in [2.75, 3.05) is 19.6 Å². The molecule has 2 heterocycles. The average molecular weight is 259 g/mol. The van der Waals surface area contributed by atoms with Crippen LogP contribution >= 0.6 is 0 Å². The van der Waals surface area contributed by atoms with Gasteiger partial charge in [0.05, 0.1) is 6.54 Å². The highest BCUT2D eigenvalue weighted by atomic mass is 32.2. The molecule has 2 rings (SSSR count). The molecule has 0 spiro atoms. The summed E-state index contributed by atoms with van der Waals surface area (Å²) in [5.41, 5.74) is 0.313. The van der Waals surface area contributed by atoms with E-state index in [1.807, 2.05) is 0 Å². The minimum absolute atomic E-state index is 0.0622. The van der Waals surface area contributed by atoms with E-state index in [4.69, 9.17) is 4.52 Å². The molecule has 1 saturated heterocycles. The first-order chi connectivity index (χ1) is 7.93. The van der Waals surface area contributed by atoms with Gasteiger partial charge in [-0.05, 0) is 13.8 Å². The van der Waals surface area contributed by atoms with E-state index in [2.05, 4.69) is 10.5 Å². The number of hydrogen-bond donors (Lipinski definition) is 1. The third-order valence-corrected chi connectivity index (χ3v) is 4.66. The van der Waals surface area contributed by atoms with Gasteiger partial charge in [-0.3, -0.25) is 4.79 Å². The molecule has 0 saturated carbocycles. The summed E-state index contributed by atoms with van der Waals surface area (Å²) >= 11 is 0. The molecule has 1 N–H and O–H groups in total. The minimum atomic E-state index is -3.70. The maximum absolute atomic E-state index is 12.3. The van der Waals surface area contributed by atoms with Gasteiger partial charge in [0.1, 0.15) is 10.6 Å². The topological polar surface area (TPSA) is 92.5 Å². The number of carbonyl (C=O) groups is 1. The summed E-state index contributed by atoms with van der Waals surface area (Å²) in [6.07, 6.45) is 0. The van der Waals surface area contributed by atoms with Crippen molar-refractivity contribution in [3.63, 3.8) is 0 Å². The van der Waals surface area contributed by atoms with E-state index in [9.17, 15) is 13.2 Å². The SMILES string of the molecule is Cc1noc(C)c1S(=O)(=O)N1CCNC(=O)C1. The fraction of sp³-hybridized carbons (Fsp3) is 0.556. The summed E-state index contributed by atoms with van der Waals surface area (Å²) in [6, 6.07) is 0. The molecule has 1 amide bonds. The second-order valence-electron chi connectivity index (χ2n) is 3.84. The predicted octanol–water partition coefficient (Wildman–Crippen LogP) is -0.588. The van der Waals surface area contributed by atoms with Crippen molar-refractivity contribution in [1.82, 2.24) is 14.8 Å². The van der Waals surface area contributed by atoms with Crippen molar-refractivity contribution in [1.29, 1.82) is 0 Å². The Morgan fingerprint density at radius 2 is 2.12 bits per heavy atom. The summed E-state index contributed by atoms with van der Waals surface area (Å²) < 4.78 is 30.5. The van der Waals surface area contributed by atoms with Gasteiger partial charge in [0.15, 0.2) is 5.76 Å². The highest BCUT2D eigenvalue weighted by Crippen LogP contribution is 2.23. The monoisotopic (exact) mass is 259 g/mol. The maximum Gasteiger partial charge on any atom is 0.249 e. The minimum Gasteiger partial charge on any atom is -0.360 e. The van der Waals surface area contributed by atoms with E-state index >= 15 is 0 Å². The Hall–Kier alpha value is -1.41. The van der Waals surface area contributed by atoms with Gasteiger partial charge in [0, 0.05) is 13.1 Å². The van der Waals surface area contributed by atoms with E-state index in [1.54, 1.807) is 6.92 Å². The molecule has 8 heteroatoms. The van der Waals surface area contributed by atoms with Crippen molar-refractivity contribution in [3.8, 4) is 0 Å². The number of carbonyl (C=O) groups excluding carboxylic acids is 1. The van der Waals surface area contributed by atoms with Crippen LogP contribution in [-0.4, -0.2) is 43.4 Å². The van der Waals surface area contributed by atoms with Gasteiger partial charge in [0.2, 0.25) is 15.9 Å². The van der Waals surface area contributed by atoms with E-state index in [0.717, 1.165) is 4.31 Å². The van der Waals surface area contributed by atoms with Crippen LogP contribution in [0.1, 0.15) is 11.5 Å². The lowest BCUT2D eigenvalue weighted by atomic mass is 10.4. The molecule has 1 fully saturated rings. The highest BCUT2D eigenvalue weighted by molar-refractivity contribution is 7.89. The second kappa shape index (κ2) is 4.11. The third kappa shape index (κ3) is 2.05.